The van der Waals surface area contributed by atoms with Gasteiger partial charge in [-0.3, -0.25) is 9.78 Å². The molecular formula is C13H14N2OS. The lowest BCUT2D eigenvalue weighted by molar-refractivity contribution is 0.102. The molecule has 0 atom stereocenters. The molecule has 0 aliphatic carbocycles. The average molecular weight is 246 g/mol. The van der Waals surface area contributed by atoms with Crippen molar-refractivity contribution in [3.8, 4) is 10.6 Å². The van der Waals surface area contributed by atoms with Gasteiger partial charge in [0.15, 0.2) is 5.78 Å². The first-order valence-corrected chi connectivity index (χ1v) is 6.45. The molecule has 2 rings (SSSR count). The molecule has 17 heavy (non-hydrogen) atoms. The van der Waals surface area contributed by atoms with Gasteiger partial charge < -0.3 is 0 Å². The molecule has 0 unspecified atom stereocenters. The maximum absolute atomic E-state index is 11.5. The molecule has 0 saturated heterocycles. The molecule has 0 amide bonds. The first-order valence-electron chi connectivity index (χ1n) is 5.63. The highest BCUT2D eigenvalue weighted by atomic mass is 32.1. The number of hydrogen-bond acceptors (Lipinski definition) is 4. The van der Waals surface area contributed by atoms with Gasteiger partial charge in [-0.25, -0.2) is 4.98 Å². The second-order valence-corrected chi connectivity index (χ2v) is 4.84. The van der Waals surface area contributed by atoms with Crippen LogP contribution in [-0.2, 0) is 6.42 Å². The molecule has 0 aromatic carbocycles. The Morgan fingerprint density at radius 2 is 2.29 bits per heavy atom. The smallest absolute Gasteiger partial charge is 0.171 e. The second kappa shape index (κ2) is 5.19. The number of nitrogens with zero attached hydrogens (tertiary/aromatic N) is 2. The maximum atomic E-state index is 11.5. The molecule has 0 radical (unpaired) electrons. The number of aromatic nitrogens is 2. The van der Waals surface area contributed by atoms with Crippen molar-refractivity contribution < 1.29 is 4.79 Å². The highest BCUT2D eigenvalue weighted by Crippen LogP contribution is 2.28. The van der Waals surface area contributed by atoms with Crippen molar-refractivity contribution in [2.45, 2.75) is 26.7 Å². The number of pyridine rings is 1. The van der Waals surface area contributed by atoms with E-state index >= 15 is 0 Å². The van der Waals surface area contributed by atoms with E-state index in [9.17, 15) is 4.79 Å². The van der Waals surface area contributed by atoms with E-state index in [-0.39, 0.29) is 5.78 Å². The van der Waals surface area contributed by atoms with E-state index in [0.717, 1.165) is 34.0 Å². The molecule has 2 aromatic rings. The molecule has 88 valence electrons. The van der Waals surface area contributed by atoms with Gasteiger partial charge in [-0.1, -0.05) is 13.3 Å². The number of thiazole rings is 1. The number of carbonyl (C=O) groups is 1. The van der Waals surface area contributed by atoms with Crippen LogP contribution in [0.25, 0.3) is 10.6 Å². The number of ketones is 1. The summed E-state index contributed by atoms with van der Waals surface area (Å²) < 4.78 is 0. The topological polar surface area (TPSA) is 42.9 Å². The molecule has 0 N–H and O–H groups in total. The summed E-state index contributed by atoms with van der Waals surface area (Å²) in [7, 11) is 0. The van der Waals surface area contributed by atoms with Crippen molar-refractivity contribution in [3.05, 3.63) is 35.1 Å². The fraction of sp³-hybridized carbons (Fsp3) is 0.308. The van der Waals surface area contributed by atoms with E-state index in [1.165, 1.54) is 11.3 Å². The maximum Gasteiger partial charge on any atom is 0.171 e. The van der Waals surface area contributed by atoms with Crippen molar-refractivity contribution in [2.75, 3.05) is 0 Å². The molecule has 2 heterocycles. The first kappa shape index (κ1) is 11.9. The van der Waals surface area contributed by atoms with Crippen LogP contribution < -0.4 is 0 Å². The van der Waals surface area contributed by atoms with Crippen LogP contribution in [0, 0.1) is 0 Å². The predicted molar refractivity (Wildman–Crippen MR) is 69.3 cm³/mol. The Balaban J connectivity index is 2.44. The van der Waals surface area contributed by atoms with Crippen LogP contribution in [0.1, 0.15) is 35.6 Å². The molecular weight excluding hydrogens is 232 g/mol. The standard InChI is InChI=1S/C13H14N2OS/c1-3-5-11-12(9(2)16)17-13(15-11)10-6-4-7-14-8-10/h4,6-8H,3,5H2,1-2H3. The minimum atomic E-state index is 0.0982. The number of rotatable bonds is 4. The van der Waals surface area contributed by atoms with Gasteiger partial charge in [0, 0.05) is 24.9 Å². The Labute approximate surface area is 105 Å². The third kappa shape index (κ3) is 2.58. The molecule has 3 nitrogen and oxygen atoms in total. The zero-order valence-electron chi connectivity index (χ0n) is 9.93. The Morgan fingerprint density at radius 1 is 1.47 bits per heavy atom. The minimum Gasteiger partial charge on any atom is -0.294 e. The van der Waals surface area contributed by atoms with Crippen LogP contribution in [0.2, 0.25) is 0 Å². The highest BCUT2D eigenvalue weighted by Gasteiger charge is 2.15. The normalized spacial score (nSPS) is 10.5. The molecule has 0 spiro atoms. The van der Waals surface area contributed by atoms with Crippen LogP contribution in [-0.4, -0.2) is 15.8 Å². The van der Waals surface area contributed by atoms with E-state index in [4.69, 9.17) is 0 Å². The lowest BCUT2D eigenvalue weighted by Crippen LogP contribution is -1.95. The van der Waals surface area contributed by atoms with Crippen molar-refractivity contribution in [2.24, 2.45) is 0 Å². The van der Waals surface area contributed by atoms with E-state index in [1.807, 2.05) is 12.1 Å². The van der Waals surface area contributed by atoms with Gasteiger partial charge >= 0.3 is 0 Å². The fourth-order valence-corrected chi connectivity index (χ4v) is 2.64. The zero-order chi connectivity index (χ0) is 12.3. The minimum absolute atomic E-state index is 0.0982. The molecule has 0 aliphatic rings. The van der Waals surface area contributed by atoms with Crippen molar-refractivity contribution in [1.82, 2.24) is 9.97 Å². The molecule has 0 saturated carbocycles. The van der Waals surface area contributed by atoms with Crippen LogP contribution in [0.4, 0.5) is 0 Å². The van der Waals surface area contributed by atoms with Gasteiger partial charge in [0.05, 0.1) is 10.6 Å². The summed E-state index contributed by atoms with van der Waals surface area (Å²) >= 11 is 1.46. The summed E-state index contributed by atoms with van der Waals surface area (Å²) in [4.78, 5) is 20.9. The van der Waals surface area contributed by atoms with Crippen LogP contribution in [0.5, 0.6) is 0 Å². The van der Waals surface area contributed by atoms with Gasteiger partial charge in [0.1, 0.15) is 5.01 Å². The van der Waals surface area contributed by atoms with Gasteiger partial charge in [0.25, 0.3) is 0 Å². The Morgan fingerprint density at radius 3 is 2.88 bits per heavy atom. The first-order chi connectivity index (χ1) is 8.22. The molecule has 0 bridgehead atoms. The SMILES string of the molecule is CCCc1nc(-c2cccnc2)sc1C(C)=O. The van der Waals surface area contributed by atoms with Crippen molar-refractivity contribution >= 4 is 17.1 Å². The molecule has 2 aromatic heterocycles. The number of Topliss-reactive ketones (excluding diaryl/α,β-unsaturated/α-hetero) is 1. The lowest BCUT2D eigenvalue weighted by atomic mass is 10.2. The number of hydrogen-bond donors (Lipinski definition) is 0. The average Bonchev–Trinajstić information content (AvgIpc) is 2.75. The summed E-state index contributed by atoms with van der Waals surface area (Å²) in [6, 6.07) is 3.84. The molecule has 0 fully saturated rings. The predicted octanol–water partition coefficient (Wildman–Crippen LogP) is 3.36. The van der Waals surface area contributed by atoms with Crippen LogP contribution in [0.3, 0.4) is 0 Å². The van der Waals surface area contributed by atoms with Gasteiger partial charge in [-0.05, 0) is 18.6 Å². The highest BCUT2D eigenvalue weighted by molar-refractivity contribution is 7.17. The summed E-state index contributed by atoms with van der Waals surface area (Å²) in [5.41, 5.74) is 1.89. The summed E-state index contributed by atoms with van der Waals surface area (Å²) in [5, 5.41) is 0.881. The Hall–Kier alpha value is -1.55. The molecule has 0 aliphatic heterocycles. The van der Waals surface area contributed by atoms with E-state index in [2.05, 4.69) is 16.9 Å². The largest absolute Gasteiger partial charge is 0.294 e. The van der Waals surface area contributed by atoms with Gasteiger partial charge in [-0.15, -0.1) is 11.3 Å². The van der Waals surface area contributed by atoms with Crippen LogP contribution in [0.15, 0.2) is 24.5 Å². The third-order valence-electron chi connectivity index (χ3n) is 2.41. The quantitative estimate of drug-likeness (QED) is 0.777. The molecule has 4 heteroatoms. The van der Waals surface area contributed by atoms with Gasteiger partial charge in [-0.2, -0.15) is 0 Å². The van der Waals surface area contributed by atoms with E-state index in [0.29, 0.717) is 0 Å². The van der Waals surface area contributed by atoms with Crippen LogP contribution >= 0.6 is 11.3 Å². The number of carbonyl (C=O) groups excluding carboxylic acids is 1. The van der Waals surface area contributed by atoms with E-state index < -0.39 is 0 Å². The number of aryl methyl sites for hydroxylation is 1. The van der Waals surface area contributed by atoms with E-state index in [1.54, 1.807) is 19.3 Å². The zero-order valence-corrected chi connectivity index (χ0v) is 10.8. The van der Waals surface area contributed by atoms with Crippen molar-refractivity contribution in [1.29, 1.82) is 0 Å². The lowest BCUT2D eigenvalue weighted by Gasteiger charge is -1.94. The fourth-order valence-electron chi connectivity index (χ4n) is 1.65. The summed E-state index contributed by atoms with van der Waals surface area (Å²) in [6.45, 7) is 3.69. The monoisotopic (exact) mass is 246 g/mol. The Bertz CT molecular complexity index is 519. The van der Waals surface area contributed by atoms with Crippen molar-refractivity contribution in [3.63, 3.8) is 0 Å². The Kier molecular flexibility index (Phi) is 3.64. The second-order valence-electron chi connectivity index (χ2n) is 3.84. The summed E-state index contributed by atoms with van der Waals surface area (Å²) in [5.74, 6) is 0.0982. The van der Waals surface area contributed by atoms with Gasteiger partial charge in [0.2, 0.25) is 0 Å². The third-order valence-corrected chi connectivity index (χ3v) is 3.66. The summed E-state index contributed by atoms with van der Waals surface area (Å²) in [6.07, 6.45) is 5.36.